The van der Waals surface area contributed by atoms with Gasteiger partial charge in [-0.2, -0.15) is 10.1 Å². The summed E-state index contributed by atoms with van der Waals surface area (Å²) >= 11 is 3.23. The number of amides is 2. The predicted octanol–water partition coefficient (Wildman–Crippen LogP) is 1.92. The number of nitrogens with one attached hydrogen (secondary N) is 2. The molecule has 1 aromatic carbocycles. The molecule has 3 N–H and O–H groups in total. The van der Waals surface area contributed by atoms with Crippen molar-refractivity contribution in [1.29, 1.82) is 0 Å². The van der Waals surface area contributed by atoms with E-state index < -0.39 is 12.0 Å². The molecule has 2 amide bonds. The molecular weight excluding hydrogens is 330 g/mol. The van der Waals surface area contributed by atoms with Crippen LogP contribution in [0.5, 0.6) is 0 Å². The molecule has 0 fully saturated rings. The maximum atomic E-state index is 11.8. The summed E-state index contributed by atoms with van der Waals surface area (Å²) < 4.78 is 1.96. The van der Waals surface area contributed by atoms with E-state index >= 15 is 0 Å². The number of rotatable bonds is 3. The minimum atomic E-state index is -1.07. The first-order chi connectivity index (χ1) is 9.47. The number of benzene rings is 1. The lowest BCUT2D eigenvalue weighted by atomic mass is 10.2. The van der Waals surface area contributed by atoms with E-state index in [0.717, 1.165) is 0 Å². The van der Waals surface area contributed by atoms with E-state index in [2.05, 4.69) is 36.6 Å². The van der Waals surface area contributed by atoms with Crippen molar-refractivity contribution >= 4 is 39.6 Å². The average molecular weight is 340 g/mol. The molecule has 20 heavy (non-hydrogen) atoms. The van der Waals surface area contributed by atoms with Crippen molar-refractivity contribution in [3.63, 3.8) is 0 Å². The van der Waals surface area contributed by atoms with Gasteiger partial charge in [0.2, 0.25) is 5.95 Å². The monoisotopic (exact) mass is 339 g/mol. The van der Waals surface area contributed by atoms with Crippen LogP contribution in [-0.2, 0) is 7.05 Å². The summed E-state index contributed by atoms with van der Waals surface area (Å²) in [6, 6.07) is 3.77. The Morgan fingerprint density at radius 3 is 2.70 bits per heavy atom. The fourth-order valence-electron chi connectivity index (χ4n) is 1.42. The van der Waals surface area contributed by atoms with Gasteiger partial charge >= 0.3 is 12.0 Å². The Balaban J connectivity index is 2.13. The molecule has 0 unspecified atom stereocenters. The maximum absolute atomic E-state index is 11.8. The van der Waals surface area contributed by atoms with E-state index in [0.29, 0.717) is 10.2 Å². The molecule has 0 saturated heterocycles. The third kappa shape index (κ3) is 3.12. The lowest BCUT2D eigenvalue weighted by molar-refractivity contribution is 0.0697. The third-order valence-corrected chi connectivity index (χ3v) is 3.09. The smallest absolute Gasteiger partial charge is 0.335 e. The number of carbonyl (C=O) groups excluding carboxylic acids is 1. The Kier molecular flexibility index (Phi) is 3.99. The first kappa shape index (κ1) is 14.0. The number of nitrogens with zero attached hydrogens (tertiary/aromatic N) is 3. The highest BCUT2D eigenvalue weighted by Crippen LogP contribution is 2.23. The number of anilines is 2. The highest BCUT2D eigenvalue weighted by Gasteiger charge is 2.11. The molecule has 104 valence electrons. The van der Waals surface area contributed by atoms with Gasteiger partial charge in [0.05, 0.1) is 11.3 Å². The number of carboxylic acids is 1. The summed E-state index contributed by atoms with van der Waals surface area (Å²) in [5.41, 5.74) is 0.409. The molecule has 0 aliphatic rings. The van der Waals surface area contributed by atoms with Crippen LogP contribution in [0, 0.1) is 0 Å². The second-order valence-corrected chi connectivity index (χ2v) is 4.64. The van der Waals surface area contributed by atoms with Crippen LogP contribution < -0.4 is 10.6 Å². The van der Waals surface area contributed by atoms with Crippen molar-refractivity contribution in [3.05, 3.63) is 34.6 Å². The Hall–Kier alpha value is -2.42. The van der Waals surface area contributed by atoms with Gasteiger partial charge in [-0.1, -0.05) is 0 Å². The largest absolute Gasteiger partial charge is 0.478 e. The fourth-order valence-corrected chi connectivity index (χ4v) is 1.76. The van der Waals surface area contributed by atoms with Crippen molar-refractivity contribution in [2.75, 3.05) is 10.6 Å². The van der Waals surface area contributed by atoms with Crippen LogP contribution in [0.25, 0.3) is 0 Å². The van der Waals surface area contributed by atoms with Gasteiger partial charge in [-0.25, -0.2) is 14.3 Å². The normalized spacial score (nSPS) is 10.1. The number of hydrogen-bond acceptors (Lipinski definition) is 4. The third-order valence-electron chi connectivity index (χ3n) is 2.40. The van der Waals surface area contributed by atoms with Crippen molar-refractivity contribution in [3.8, 4) is 0 Å². The molecule has 2 aromatic rings. The zero-order valence-electron chi connectivity index (χ0n) is 10.3. The average Bonchev–Trinajstić information content (AvgIpc) is 2.77. The van der Waals surface area contributed by atoms with Gasteiger partial charge in [0.15, 0.2) is 0 Å². The fraction of sp³-hybridized carbons (Fsp3) is 0.0909. The molecule has 0 aliphatic heterocycles. The molecule has 2 rings (SSSR count). The molecular formula is C11H10BrN5O3. The van der Waals surface area contributed by atoms with Crippen LogP contribution in [0.4, 0.5) is 16.4 Å². The number of carboxylic acid groups (broad SMARTS) is 1. The van der Waals surface area contributed by atoms with Crippen LogP contribution in [0.1, 0.15) is 10.4 Å². The Labute approximate surface area is 121 Å². The van der Waals surface area contributed by atoms with Crippen molar-refractivity contribution in [2.24, 2.45) is 7.05 Å². The van der Waals surface area contributed by atoms with E-state index in [4.69, 9.17) is 5.11 Å². The number of aromatic nitrogens is 3. The van der Waals surface area contributed by atoms with Gasteiger partial charge in [0.1, 0.15) is 6.33 Å². The summed E-state index contributed by atoms with van der Waals surface area (Å²) in [5.74, 6) is -0.803. The molecule has 9 heteroatoms. The molecule has 0 atom stereocenters. The van der Waals surface area contributed by atoms with Crippen molar-refractivity contribution in [1.82, 2.24) is 14.8 Å². The first-order valence-electron chi connectivity index (χ1n) is 5.42. The molecule has 1 heterocycles. The molecule has 1 aromatic heterocycles. The molecule has 0 radical (unpaired) electrons. The maximum Gasteiger partial charge on any atom is 0.335 e. The minimum absolute atomic E-state index is 0.0714. The van der Waals surface area contributed by atoms with Crippen LogP contribution in [0.2, 0.25) is 0 Å². The predicted molar refractivity (Wildman–Crippen MR) is 74.7 cm³/mol. The van der Waals surface area contributed by atoms with Crippen LogP contribution in [0.15, 0.2) is 29.0 Å². The van der Waals surface area contributed by atoms with Gasteiger partial charge in [-0.15, -0.1) is 0 Å². The van der Waals surface area contributed by atoms with E-state index in [9.17, 15) is 9.59 Å². The SMILES string of the molecule is Cn1ncnc1NC(=O)Nc1cc(C(=O)O)ccc1Br. The van der Waals surface area contributed by atoms with E-state index in [1.807, 2.05) is 0 Å². The van der Waals surface area contributed by atoms with E-state index in [1.165, 1.54) is 23.1 Å². The number of urea groups is 1. The van der Waals surface area contributed by atoms with Gasteiger partial charge in [-0.05, 0) is 34.1 Å². The highest BCUT2D eigenvalue weighted by molar-refractivity contribution is 9.10. The quantitative estimate of drug-likeness (QED) is 0.791. The zero-order chi connectivity index (χ0) is 14.7. The topological polar surface area (TPSA) is 109 Å². The van der Waals surface area contributed by atoms with E-state index in [-0.39, 0.29) is 11.5 Å². The van der Waals surface area contributed by atoms with Gasteiger partial charge in [0.25, 0.3) is 0 Å². The molecule has 0 saturated carbocycles. The second kappa shape index (κ2) is 5.70. The zero-order valence-corrected chi connectivity index (χ0v) is 11.9. The Morgan fingerprint density at radius 1 is 1.35 bits per heavy atom. The van der Waals surface area contributed by atoms with Crippen molar-refractivity contribution < 1.29 is 14.7 Å². The lowest BCUT2D eigenvalue weighted by Crippen LogP contribution is -2.22. The van der Waals surface area contributed by atoms with Gasteiger partial charge in [-0.3, -0.25) is 5.32 Å². The number of halogens is 1. The summed E-state index contributed by atoms with van der Waals surface area (Å²) in [6.07, 6.45) is 1.30. The van der Waals surface area contributed by atoms with Crippen molar-refractivity contribution in [2.45, 2.75) is 0 Å². The molecule has 8 nitrogen and oxygen atoms in total. The molecule has 0 bridgehead atoms. The van der Waals surface area contributed by atoms with E-state index in [1.54, 1.807) is 13.1 Å². The number of hydrogen-bond donors (Lipinski definition) is 3. The van der Waals surface area contributed by atoms with Crippen LogP contribution in [0.3, 0.4) is 0 Å². The number of aryl methyl sites for hydroxylation is 1. The summed E-state index contributed by atoms with van der Waals surface area (Å²) in [7, 11) is 1.63. The lowest BCUT2D eigenvalue weighted by Gasteiger charge is -2.09. The molecule has 0 spiro atoms. The van der Waals surface area contributed by atoms with Crippen LogP contribution >= 0.6 is 15.9 Å². The standard InChI is InChI=1S/C11H10BrN5O3/c1-17-10(13-5-14-17)16-11(20)15-8-4-6(9(18)19)2-3-7(8)12/h2-5H,1H3,(H,18,19)(H2,13,14,15,16,20). The van der Waals surface area contributed by atoms with Crippen LogP contribution in [-0.4, -0.2) is 31.9 Å². The summed E-state index contributed by atoms with van der Waals surface area (Å²) in [6.45, 7) is 0. The summed E-state index contributed by atoms with van der Waals surface area (Å²) in [5, 5.41) is 17.7. The second-order valence-electron chi connectivity index (χ2n) is 3.79. The Morgan fingerprint density at radius 2 is 2.10 bits per heavy atom. The molecule has 0 aliphatic carbocycles. The first-order valence-corrected chi connectivity index (χ1v) is 6.21. The Bertz CT molecular complexity index is 670. The number of carbonyl (C=O) groups is 2. The van der Waals surface area contributed by atoms with Gasteiger partial charge < -0.3 is 10.4 Å². The van der Waals surface area contributed by atoms with Gasteiger partial charge in [0, 0.05) is 11.5 Å². The number of aromatic carboxylic acids is 1. The highest BCUT2D eigenvalue weighted by atomic mass is 79.9. The summed E-state index contributed by atoms with van der Waals surface area (Å²) in [4.78, 5) is 26.5. The minimum Gasteiger partial charge on any atom is -0.478 e.